The lowest BCUT2D eigenvalue weighted by Gasteiger charge is -2.05. The third kappa shape index (κ3) is 3.03. The Morgan fingerprint density at radius 2 is 2.14 bits per heavy atom. The zero-order valence-electron chi connectivity index (χ0n) is 12.8. The molecule has 2 heterocycles. The molecule has 0 radical (unpaired) electrons. The van der Waals surface area contributed by atoms with Crippen LogP contribution < -0.4 is 9.46 Å². The highest BCUT2D eigenvalue weighted by atomic mass is 32.2. The van der Waals surface area contributed by atoms with Gasteiger partial charge in [0, 0.05) is 24.7 Å². The first kappa shape index (κ1) is 15.8. The van der Waals surface area contributed by atoms with E-state index in [1.165, 1.54) is 0 Å². The number of aromatic nitrogens is 2. The van der Waals surface area contributed by atoms with Gasteiger partial charge in [0.05, 0.1) is 12.6 Å². The Morgan fingerprint density at radius 3 is 2.71 bits per heavy atom. The fourth-order valence-electron chi connectivity index (χ4n) is 2.10. The number of methoxy groups -OCH3 is 1. The van der Waals surface area contributed by atoms with Crippen molar-refractivity contribution in [1.29, 1.82) is 0 Å². The van der Waals surface area contributed by atoms with Crippen LogP contribution in [0.25, 0.3) is 5.52 Å². The van der Waals surface area contributed by atoms with E-state index in [0.717, 1.165) is 6.42 Å². The van der Waals surface area contributed by atoms with Crippen LogP contribution in [0, 0.1) is 0 Å². The monoisotopic (exact) mass is 311 g/mol. The van der Waals surface area contributed by atoms with E-state index in [0.29, 0.717) is 23.6 Å². The molecule has 0 saturated heterocycles. The summed E-state index contributed by atoms with van der Waals surface area (Å²) in [5, 5.41) is 0.0542. The molecule has 7 heteroatoms. The maximum absolute atomic E-state index is 12.4. The van der Waals surface area contributed by atoms with Crippen molar-refractivity contribution >= 4 is 15.5 Å². The lowest BCUT2D eigenvalue weighted by molar-refractivity contribution is 0.414. The molecule has 0 aliphatic carbocycles. The van der Waals surface area contributed by atoms with E-state index in [-0.39, 0.29) is 10.9 Å². The predicted octanol–water partition coefficient (Wildman–Crippen LogP) is 2.15. The SMILES string of the molecule is CCCNS(=O)(=O)c1nc(C(C)C)n2ccc(OC)cc12. The Kier molecular flexibility index (Phi) is 4.53. The molecule has 1 N–H and O–H groups in total. The molecule has 0 aliphatic rings. The van der Waals surface area contributed by atoms with Gasteiger partial charge >= 0.3 is 0 Å². The summed E-state index contributed by atoms with van der Waals surface area (Å²) in [4.78, 5) is 4.35. The van der Waals surface area contributed by atoms with Crippen LogP contribution in [0.1, 0.15) is 38.9 Å². The van der Waals surface area contributed by atoms with Crippen LogP contribution in [0.15, 0.2) is 23.4 Å². The maximum atomic E-state index is 12.4. The number of fused-ring (bicyclic) bond motifs is 1. The number of nitrogens with one attached hydrogen (secondary N) is 1. The molecule has 2 aromatic rings. The first-order valence-corrected chi connectivity index (χ1v) is 8.44. The van der Waals surface area contributed by atoms with Gasteiger partial charge in [-0.25, -0.2) is 18.1 Å². The van der Waals surface area contributed by atoms with Crippen LogP contribution in [0.2, 0.25) is 0 Å². The smallest absolute Gasteiger partial charge is 0.260 e. The number of nitrogens with zero attached hydrogens (tertiary/aromatic N) is 2. The summed E-state index contributed by atoms with van der Waals surface area (Å²) < 4.78 is 34.4. The molecular formula is C14H21N3O3S. The molecular weight excluding hydrogens is 290 g/mol. The highest BCUT2D eigenvalue weighted by Gasteiger charge is 2.24. The van der Waals surface area contributed by atoms with Crippen molar-refractivity contribution in [3.8, 4) is 5.75 Å². The first-order chi connectivity index (χ1) is 9.90. The van der Waals surface area contributed by atoms with E-state index in [4.69, 9.17) is 4.74 Å². The van der Waals surface area contributed by atoms with Gasteiger partial charge in [-0.1, -0.05) is 20.8 Å². The molecule has 2 rings (SSSR count). The van der Waals surface area contributed by atoms with Gasteiger partial charge in [0.1, 0.15) is 11.6 Å². The number of hydrogen-bond acceptors (Lipinski definition) is 4. The van der Waals surface area contributed by atoms with Crippen LogP contribution in [0.3, 0.4) is 0 Å². The molecule has 0 spiro atoms. The van der Waals surface area contributed by atoms with Gasteiger partial charge in [-0.3, -0.25) is 0 Å². The minimum absolute atomic E-state index is 0.0542. The average molecular weight is 311 g/mol. The zero-order chi connectivity index (χ0) is 15.6. The van der Waals surface area contributed by atoms with Gasteiger partial charge in [-0.05, 0) is 12.5 Å². The van der Waals surface area contributed by atoms with Crippen molar-refractivity contribution in [3.63, 3.8) is 0 Å². The summed E-state index contributed by atoms with van der Waals surface area (Å²) in [7, 11) is -2.07. The van der Waals surface area contributed by atoms with Crippen LogP contribution in [-0.4, -0.2) is 31.5 Å². The molecule has 0 bridgehead atoms. The van der Waals surface area contributed by atoms with E-state index in [9.17, 15) is 8.42 Å². The van der Waals surface area contributed by atoms with Crippen LogP contribution in [0.4, 0.5) is 0 Å². The highest BCUT2D eigenvalue weighted by molar-refractivity contribution is 7.89. The number of pyridine rings is 1. The normalized spacial score (nSPS) is 12.2. The van der Waals surface area contributed by atoms with Gasteiger partial charge in [0.15, 0.2) is 5.03 Å². The average Bonchev–Trinajstić information content (AvgIpc) is 2.84. The minimum Gasteiger partial charge on any atom is -0.497 e. The molecule has 0 fully saturated rings. The molecule has 21 heavy (non-hydrogen) atoms. The summed E-state index contributed by atoms with van der Waals surface area (Å²) in [6.45, 7) is 6.27. The Morgan fingerprint density at radius 1 is 1.43 bits per heavy atom. The van der Waals surface area contributed by atoms with E-state index < -0.39 is 10.0 Å². The molecule has 0 saturated carbocycles. The lowest BCUT2D eigenvalue weighted by atomic mass is 10.2. The Balaban J connectivity index is 2.67. The number of imidazole rings is 1. The molecule has 0 amide bonds. The fourth-order valence-corrected chi connectivity index (χ4v) is 3.35. The lowest BCUT2D eigenvalue weighted by Crippen LogP contribution is -2.25. The van der Waals surface area contributed by atoms with E-state index >= 15 is 0 Å². The fraction of sp³-hybridized carbons (Fsp3) is 0.500. The number of hydrogen-bond donors (Lipinski definition) is 1. The predicted molar refractivity (Wildman–Crippen MR) is 81.3 cm³/mol. The minimum atomic E-state index is -3.62. The number of rotatable bonds is 6. The molecule has 2 aromatic heterocycles. The van der Waals surface area contributed by atoms with E-state index in [2.05, 4.69) is 9.71 Å². The van der Waals surface area contributed by atoms with Crippen molar-refractivity contribution in [2.24, 2.45) is 0 Å². The van der Waals surface area contributed by atoms with Crippen molar-refractivity contribution in [1.82, 2.24) is 14.1 Å². The van der Waals surface area contributed by atoms with Gasteiger partial charge in [-0.2, -0.15) is 0 Å². The highest BCUT2D eigenvalue weighted by Crippen LogP contribution is 2.25. The summed E-state index contributed by atoms with van der Waals surface area (Å²) in [6.07, 6.45) is 2.51. The quantitative estimate of drug-likeness (QED) is 0.887. The number of sulfonamides is 1. The van der Waals surface area contributed by atoms with Crippen LogP contribution >= 0.6 is 0 Å². The summed E-state index contributed by atoms with van der Waals surface area (Å²) >= 11 is 0. The van der Waals surface area contributed by atoms with Crippen molar-refractivity contribution in [2.75, 3.05) is 13.7 Å². The summed E-state index contributed by atoms with van der Waals surface area (Å²) in [5.74, 6) is 1.43. The number of ether oxygens (including phenoxy) is 1. The zero-order valence-corrected chi connectivity index (χ0v) is 13.6. The van der Waals surface area contributed by atoms with Crippen molar-refractivity contribution in [3.05, 3.63) is 24.2 Å². The van der Waals surface area contributed by atoms with Crippen LogP contribution in [-0.2, 0) is 10.0 Å². The Hall–Kier alpha value is -1.60. The van der Waals surface area contributed by atoms with Crippen molar-refractivity contribution < 1.29 is 13.2 Å². The Labute approximate surface area is 125 Å². The third-order valence-electron chi connectivity index (χ3n) is 3.16. The maximum Gasteiger partial charge on any atom is 0.260 e. The Bertz CT molecular complexity index is 735. The van der Waals surface area contributed by atoms with E-state index in [1.54, 1.807) is 29.8 Å². The first-order valence-electron chi connectivity index (χ1n) is 6.96. The second kappa shape index (κ2) is 6.03. The largest absolute Gasteiger partial charge is 0.497 e. The van der Waals surface area contributed by atoms with Gasteiger partial charge < -0.3 is 9.14 Å². The molecule has 0 unspecified atom stereocenters. The van der Waals surface area contributed by atoms with Gasteiger partial charge in [0.2, 0.25) is 0 Å². The summed E-state index contributed by atoms with van der Waals surface area (Å²) in [6, 6.07) is 3.48. The molecule has 0 atom stereocenters. The molecule has 116 valence electrons. The van der Waals surface area contributed by atoms with Crippen molar-refractivity contribution in [2.45, 2.75) is 38.1 Å². The summed E-state index contributed by atoms with van der Waals surface area (Å²) in [5.41, 5.74) is 0.529. The standard InChI is InChI=1S/C14H21N3O3S/c1-5-7-15-21(18,19)14-12-9-11(20-4)6-8-17(12)13(16-14)10(2)3/h6,8-10,15H,5,7H2,1-4H3. The van der Waals surface area contributed by atoms with Crippen LogP contribution in [0.5, 0.6) is 5.75 Å². The van der Waals surface area contributed by atoms with Gasteiger partial charge in [-0.15, -0.1) is 0 Å². The second-order valence-corrected chi connectivity index (χ2v) is 6.83. The third-order valence-corrected chi connectivity index (χ3v) is 4.55. The van der Waals surface area contributed by atoms with Gasteiger partial charge in [0.25, 0.3) is 10.0 Å². The second-order valence-electron chi connectivity index (χ2n) is 5.15. The van der Waals surface area contributed by atoms with E-state index in [1.807, 2.05) is 20.8 Å². The molecule has 6 nitrogen and oxygen atoms in total. The topological polar surface area (TPSA) is 72.7 Å². The molecule has 0 aromatic carbocycles. The molecule has 0 aliphatic heterocycles.